The molecule has 0 aliphatic carbocycles. The molecule has 0 aromatic rings. The molecule has 2 heteroatoms. The molecule has 0 radical (unpaired) electrons. The first-order chi connectivity index (χ1) is 2.89. The Morgan fingerprint density at radius 1 is 1.83 bits per heavy atom. The summed E-state index contributed by atoms with van der Waals surface area (Å²) in [7, 11) is 0. The van der Waals surface area contributed by atoms with Gasteiger partial charge in [-0.15, -0.1) is 0 Å². The van der Waals surface area contributed by atoms with Crippen molar-refractivity contribution in [3.63, 3.8) is 0 Å². The lowest BCUT2D eigenvalue weighted by atomic mass is 10.4. The van der Waals surface area contributed by atoms with Gasteiger partial charge in [0, 0.05) is 6.61 Å². The molecule has 1 rings (SSSR count). The van der Waals surface area contributed by atoms with Crippen LogP contribution in [0.4, 0.5) is 4.39 Å². The first kappa shape index (κ1) is 4.06. The number of halogens is 1. The fraction of sp³-hybridized carbons (Fsp3) is 0.750. The van der Waals surface area contributed by atoms with Crippen LogP contribution in [0.1, 0.15) is 6.42 Å². The maximum Gasteiger partial charge on any atom is 0.0785 e. The zero-order valence-corrected chi connectivity index (χ0v) is 3.36. The van der Waals surface area contributed by atoms with Crippen LogP contribution in [-0.2, 0) is 4.74 Å². The Labute approximate surface area is 36.1 Å². The lowest BCUT2D eigenvalue weighted by molar-refractivity contribution is 0.0260. The predicted octanol–water partition coefficient (Wildman–Crippen LogP) is 0.907. The molecule has 0 bridgehead atoms. The number of hydrogen-bond donors (Lipinski definition) is 0. The summed E-state index contributed by atoms with van der Waals surface area (Å²) in [6.45, 7) is 0.557. The van der Waals surface area contributed by atoms with Crippen molar-refractivity contribution in [3.8, 4) is 0 Å². The third-order valence-electron chi connectivity index (χ3n) is 0.747. The van der Waals surface area contributed by atoms with Gasteiger partial charge in [0.25, 0.3) is 0 Å². The lowest BCUT2D eigenvalue weighted by Gasteiger charge is -2.00. The van der Waals surface area contributed by atoms with E-state index < -0.39 is 6.36 Å². The van der Waals surface area contributed by atoms with Crippen LogP contribution in [-0.4, -0.2) is 13.0 Å². The average molecular weight is 89.1 g/mol. The lowest BCUT2D eigenvalue weighted by Crippen LogP contribution is -1.92. The summed E-state index contributed by atoms with van der Waals surface area (Å²) in [6, 6.07) is 0. The smallest absolute Gasteiger partial charge is 0.0785 e. The molecule has 1 nitrogen and oxygen atoms in total. The summed E-state index contributed by atoms with van der Waals surface area (Å²) >= 11 is 0. The molecule has 1 fully saturated rings. The molecule has 1 saturated heterocycles. The van der Waals surface area contributed by atoms with Crippen LogP contribution < -0.4 is 0 Å². The fourth-order valence-electron chi connectivity index (χ4n) is 0.448. The third-order valence-corrected chi connectivity index (χ3v) is 0.747. The van der Waals surface area contributed by atoms with Crippen molar-refractivity contribution < 1.29 is 9.13 Å². The van der Waals surface area contributed by atoms with Crippen LogP contribution in [0.2, 0.25) is 0 Å². The van der Waals surface area contributed by atoms with Crippen LogP contribution in [0.25, 0.3) is 0 Å². The molecular formula is C4H6FO-. The number of hydrogen-bond acceptors (Lipinski definition) is 1. The molecule has 6 heavy (non-hydrogen) atoms. The zero-order chi connectivity index (χ0) is 4.41. The summed E-state index contributed by atoms with van der Waals surface area (Å²) in [5.74, 6) is 0. The van der Waals surface area contributed by atoms with Crippen molar-refractivity contribution in [1.82, 2.24) is 0 Å². The highest BCUT2D eigenvalue weighted by molar-refractivity contribution is 4.73. The van der Waals surface area contributed by atoms with Crippen LogP contribution in [0.3, 0.4) is 0 Å². The number of ether oxygens (including phenoxy) is 1. The third kappa shape index (κ3) is 0.684. The van der Waals surface area contributed by atoms with Gasteiger partial charge in [-0.25, -0.2) is 0 Å². The fourth-order valence-corrected chi connectivity index (χ4v) is 0.448. The van der Waals surface area contributed by atoms with E-state index in [0.717, 1.165) is 6.42 Å². The van der Waals surface area contributed by atoms with Gasteiger partial charge in [-0.2, -0.15) is 6.42 Å². The highest BCUT2D eigenvalue weighted by atomic mass is 19.1. The number of rotatable bonds is 0. The number of alkyl halides is 1. The van der Waals surface area contributed by atoms with Crippen molar-refractivity contribution in [2.45, 2.75) is 12.8 Å². The minimum atomic E-state index is -1.08. The van der Waals surface area contributed by atoms with E-state index in [2.05, 4.69) is 4.74 Å². The Balaban J connectivity index is 2.18. The van der Waals surface area contributed by atoms with E-state index in [4.69, 9.17) is 0 Å². The maximum atomic E-state index is 11.6. The topological polar surface area (TPSA) is 9.23 Å². The SMILES string of the molecule is F[C@H]1[CH-]CCO1. The Bertz CT molecular complexity index is 40.8. The first-order valence-electron chi connectivity index (χ1n) is 1.98. The normalized spacial score (nSPS) is 34.5. The van der Waals surface area contributed by atoms with Crippen molar-refractivity contribution in [2.75, 3.05) is 6.61 Å². The van der Waals surface area contributed by atoms with Crippen LogP contribution >= 0.6 is 0 Å². The molecule has 0 amide bonds. The van der Waals surface area contributed by atoms with Gasteiger partial charge in [-0.05, 0) is 0 Å². The van der Waals surface area contributed by atoms with E-state index in [-0.39, 0.29) is 0 Å². The Kier molecular flexibility index (Phi) is 1.05. The largest absolute Gasteiger partial charge is 0.381 e. The highest BCUT2D eigenvalue weighted by Crippen LogP contribution is 2.09. The molecule has 0 unspecified atom stereocenters. The predicted molar refractivity (Wildman–Crippen MR) is 19.8 cm³/mol. The van der Waals surface area contributed by atoms with Gasteiger partial charge in [-0.1, -0.05) is 0 Å². The van der Waals surface area contributed by atoms with Crippen molar-refractivity contribution in [2.24, 2.45) is 0 Å². The van der Waals surface area contributed by atoms with Gasteiger partial charge >= 0.3 is 0 Å². The zero-order valence-electron chi connectivity index (χ0n) is 3.36. The maximum absolute atomic E-state index is 11.6. The minimum Gasteiger partial charge on any atom is -0.381 e. The summed E-state index contributed by atoms with van der Waals surface area (Å²) in [5.41, 5.74) is 0. The molecule has 0 aromatic heterocycles. The van der Waals surface area contributed by atoms with Gasteiger partial charge in [0.2, 0.25) is 0 Å². The standard InChI is InChI=1S/C4H6FO/c5-4-2-1-3-6-4/h2,4H,1,3H2/q-1/t4-/m1/s1. The molecule has 1 aliphatic rings. The first-order valence-corrected chi connectivity index (χ1v) is 1.98. The summed E-state index contributed by atoms with van der Waals surface area (Å²) in [5, 5.41) is 0. The Morgan fingerprint density at radius 2 is 2.67 bits per heavy atom. The second-order valence-corrected chi connectivity index (χ2v) is 1.25. The van der Waals surface area contributed by atoms with Crippen molar-refractivity contribution >= 4 is 0 Å². The quantitative estimate of drug-likeness (QED) is 0.401. The van der Waals surface area contributed by atoms with Gasteiger partial charge < -0.3 is 4.74 Å². The molecular weight excluding hydrogens is 83.0 g/mol. The molecule has 36 valence electrons. The van der Waals surface area contributed by atoms with E-state index in [1.807, 2.05) is 0 Å². The van der Waals surface area contributed by atoms with Gasteiger partial charge in [0.1, 0.15) is 0 Å². The molecule has 0 spiro atoms. The van der Waals surface area contributed by atoms with Crippen LogP contribution in [0.5, 0.6) is 0 Å². The summed E-state index contributed by atoms with van der Waals surface area (Å²) < 4.78 is 16.1. The van der Waals surface area contributed by atoms with E-state index in [9.17, 15) is 4.39 Å². The van der Waals surface area contributed by atoms with Crippen molar-refractivity contribution in [3.05, 3.63) is 6.42 Å². The molecule has 1 atom stereocenters. The van der Waals surface area contributed by atoms with Gasteiger partial charge in [-0.3, -0.25) is 10.8 Å². The summed E-state index contributed by atoms with van der Waals surface area (Å²) in [4.78, 5) is 0. The molecule has 0 aromatic carbocycles. The summed E-state index contributed by atoms with van der Waals surface area (Å²) in [6.07, 6.45) is 1.20. The molecule has 0 saturated carbocycles. The van der Waals surface area contributed by atoms with Crippen LogP contribution in [0, 0.1) is 6.42 Å². The second kappa shape index (κ2) is 1.56. The van der Waals surface area contributed by atoms with Crippen molar-refractivity contribution in [1.29, 1.82) is 0 Å². The molecule has 1 aliphatic heterocycles. The second-order valence-electron chi connectivity index (χ2n) is 1.25. The highest BCUT2D eigenvalue weighted by Gasteiger charge is 1.99. The average Bonchev–Trinajstić information content (AvgIpc) is 1.86. The van der Waals surface area contributed by atoms with Gasteiger partial charge in [0.05, 0.1) is 6.36 Å². The molecule has 0 N–H and O–H groups in total. The van der Waals surface area contributed by atoms with Crippen LogP contribution in [0.15, 0.2) is 0 Å². The Hall–Kier alpha value is -0.110. The van der Waals surface area contributed by atoms with E-state index >= 15 is 0 Å². The van der Waals surface area contributed by atoms with E-state index in [0.29, 0.717) is 6.61 Å². The minimum absolute atomic E-state index is 0.557. The molecule has 1 heterocycles. The Morgan fingerprint density at radius 3 is 2.83 bits per heavy atom. The van der Waals surface area contributed by atoms with E-state index in [1.165, 1.54) is 6.42 Å². The van der Waals surface area contributed by atoms with E-state index in [1.54, 1.807) is 0 Å². The monoisotopic (exact) mass is 89.0 g/mol. The van der Waals surface area contributed by atoms with Gasteiger partial charge in [0.15, 0.2) is 0 Å².